The van der Waals surface area contributed by atoms with Crippen molar-refractivity contribution in [1.82, 2.24) is 9.88 Å². The Kier molecular flexibility index (Phi) is 5.53. The summed E-state index contributed by atoms with van der Waals surface area (Å²) in [6, 6.07) is 7.97. The highest BCUT2D eigenvalue weighted by atomic mass is 32.2. The molecule has 1 N–H and O–H groups in total. The van der Waals surface area contributed by atoms with Crippen LogP contribution >= 0.6 is 0 Å². The Bertz CT molecular complexity index is 784. The summed E-state index contributed by atoms with van der Waals surface area (Å²) in [5.41, 5.74) is 1.66. The van der Waals surface area contributed by atoms with Crippen LogP contribution in [0.25, 0.3) is 0 Å². The molecule has 1 aromatic carbocycles. The molecule has 0 spiro atoms. The van der Waals surface area contributed by atoms with Crippen LogP contribution in [-0.2, 0) is 26.1 Å². The number of nitrogens with zero attached hydrogens (tertiary/aromatic N) is 1. The van der Waals surface area contributed by atoms with Crippen LogP contribution in [0.2, 0.25) is 0 Å². The van der Waals surface area contributed by atoms with Gasteiger partial charge in [-0.3, -0.25) is 0 Å². The number of hydrogen-bond acceptors (Lipinski definition) is 6. The van der Waals surface area contributed by atoms with Crippen molar-refractivity contribution in [1.29, 1.82) is 0 Å². The second-order valence-corrected chi connectivity index (χ2v) is 7.77. The molecular formula is C17H22N2O5S. The first-order valence-electron chi connectivity index (χ1n) is 8.16. The topological polar surface area (TPSA) is 90.7 Å². The van der Waals surface area contributed by atoms with E-state index in [1.807, 2.05) is 13.8 Å². The van der Waals surface area contributed by atoms with Gasteiger partial charge >= 0.3 is 0 Å². The monoisotopic (exact) mass is 366 g/mol. The number of rotatable bonds is 6. The minimum atomic E-state index is -3.60. The van der Waals surface area contributed by atoms with Gasteiger partial charge in [-0.25, -0.2) is 13.1 Å². The van der Waals surface area contributed by atoms with Gasteiger partial charge in [-0.2, -0.15) is 0 Å². The van der Waals surface area contributed by atoms with E-state index in [-0.39, 0.29) is 17.0 Å². The molecule has 0 bridgehead atoms. The molecule has 0 amide bonds. The van der Waals surface area contributed by atoms with Gasteiger partial charge in [0.25, 0.3) is 0 Å². The van der Waals surface area contributed by atoms with Crippen molar-refractivity contribution in [2.75, 3.05) is 13.2 Å². The lowest BCUT2D eigenvalue weighted by molar-refractivity contribution is -0.0714. The number of ether oxygens (including phenoxy) is 2. The van der Waals surface area contributed by atoms with Gasteiger partial charge < -0.3 is 14.0 Å². The molecule has 0 saturated carbocycles. The molecule has 2 aromatic rings. The minimum Gasteiger partial charge on any atom is -0.379 e. The lowest BCUT2D eigenvalue weighted by atomic mass is 10.1. The number of sulfonamides is 1. The van der Waals surface area contributed by atoms with Gasteiger partial charge in [0.1, 0.15) is 5.76 Å². The van der Waals surface area contributed by atoms with E-state index in [2.05, 4.69) is 9.88 Å². The van der Waals surface area contributed by atoms with Crippen molar-refractivity contribution in [2.45, 2.75) is 43.9 Å². The van der Waals surface area contributed by atoms with Crippen LogP contribution in [0.3, 0.4) is 0 Å². The normalized spacial score (nSPS) is 21.4. The molecule has 0 aliphatic carbocycles. The molecular weight excluding hydrogens is 344 g/mol. The average Bonchev–Trinajstić information content (AvgIpc) is 2.93. The third-order valence-corrected chi connectivity index (χ3v) is 5.79. The molecule has 25 heavy (non-hydrogen) atoms. The maximum atomic E-state index is 12.6. The molecule has 0 radical (unpaired) electrons. The first-order chi connectivity index (χ1) is 12.0. The van der Waals surface area contributed by atoms with Gasteiger partial charge in [0, 0.05) is 12.2 Å². The molecule has 7 nitrogen and oxygen atoms in total. The third-order valence-electron chi connectivity index (χ3n) is 4.29. The van der Waals surface area contributed by atoms with Crippen molar-refractivity contribution in [2.24, 2.45) is 0 Å². The Labute approximate surface area is 147 Å². The fourth-order valence-corrected chi connectivity index (χ4v) is 4.10. The highest BCUT2D eigenvalue weighted by Crippen LogP contribution is 2.19. The first-order valence-corrected chi connectivity index (χ1v) is 9.64. The van der Waals surface area contributed by atoms with E-state index in [1.54, 1.807) is 30.3 Å². The predicted molar refractivity (Wildman–Crippen MR) is 90.5 cm³/mol. The molecule has 3 rings (SSSR count). The summed E-state index contributed by atoms with van der Waals surface area (Å²) in [5.74, 6) is 0.704. The van der Waals surface area contributed by atoms with Crippen molar-refractivity contribution in [3.63, 3.8) is 0 Å². The molecule has 1 aliphatic heterocycles. The van der Waals surface area contributed by atoms with Crippen molar-refractivity contribution in [3.8, 4) is 0 Å². The number of aromatic nitrogens is 1. The average molecular weight is 366 g/mol. The van der Waals surface area contributed by atoms with E-state index in [4.69, 9.17) is 14.0 Å². The van der Waals surface area contributed by atoms with Crippen molar-refractivity contribution >= 4 is 10.0 Å². The van der Waals surface area contributed by atoms with Gasteiger partial charge in [-0.05, 0) is 32.4 Å². The van der Waals surface area contributed by atoms with Crippen LogP contribution in [-0.4, -0.2) is 38.9 Å². The van der Waals surface area contributed by atoms with Gasteiger partial charge in [0.15, 0.2) is 0 Å². The third kappa shape index (κ3) is 4.27. The van der Waals surface area contributed by atoms with E-state index in [0.29, 0.717) is 32.0 Å². The Morgan fingerprint density at radius 1 is 1.28 bits per heavy atom. The van der Waals surface area contributed by atoms with E-state index < -0.39 is 10.0 Å². The second-order valence-electron chi connectivity index (χ2n) is 6.06. The lowest BCUT2D eigenvalue weighted by Crippen LogP contribution is -2.49. The van der Waals surface area contributed by atoms with Crippen LogP contribution in [0, 0.1) is 13.8 Å². The fraction of sp³-hybridized carbons (Fsp3) is 0.471. The molecule has 1 aliphatic rings. The summed E-state index contributed by atoms with van der Waals surface area (Å²) in [6.45, 7) is 4.81. The molecule has 1 fully saturated rings. The summed E-state index contributed by atoms with van der Waals surface area (Å²) in [6.07, 6.45) is 0.180. The Morgan fingerprint density at radius 3 is 2.72 bits per heavy atom. The zero-order valence-electron chi connectivity index (χ0n) is 14.3. The summed E-state index contributed by atoms with van der Waals surface area (Å²) in [4.78, 5) is 0.242. The molecule has 136 valence electrons. The maximum absolute atomic E-state index is 12.6. The number of hydrogen-bond donors (Lipinski definition) is 1. The van der Waals surface area contributed by atoms with Gasteiger partial charge in [-0.1, -0.05) is 23.4 Å². The van der Waals surface area contributed by atoms with E-state index in [1.165, 1.54) is 0 Å². The Morgan fingerprint density at radius 2 is 2.04 bits per heavy atom. The van der Waals surface area contributed by atoms with Crippen LogP contribution in [0.15, 0.2) is 39.8 Å². The second kappa shape index (κ2) is 7.65. The van der Waals surface area contributed by atoms with E-state index in [9.17, 15) is 8.42 Å². The highest BCUT2D eigenvalue weighted by molar-refractivity contribution is 7.89. The zero-order chi connectivity index (χ0) is 17.9. The summed E-state index contributed by atoms with van der Waals surface area (Å²) < 4.78 is 44.4. The van der Waals surface area contributed by atoms with Crippen molar-refractivity contribution < 1.29 is 22.4 Å². The number of benzene rings is 1. The fourth-order valence-electron chi connectivity index (χ4n) is 2.78. The standard InChI is InChI=1S/C17H22N2O5S/c1-12-15(13(2)24-18-12)10-23-17-11-22-9-8-16(17)19-25(20,21)14-6-4-3-5-7-14/h3-7,16-17,19H,8-11H2,1-2H3/t16-,17-/m1/s1. The Balaban J connectivity index is 1.69. The molecule has 8 heteroatoms. The minimum absolute atomic E-state index is 0.242. The summed E-state index contributed by atoms with van der Waals surface area (Å²) in [5, 5.41) is 3.90. The van der Waals surface area contributed by atoms with Gasteiger partial charge in [-0.15, -0.1) is 0 Å². The van der Waals surface area contributed by atoms with E-state index >= 15 is 0 Å². The summed E-state index contributed by atoms with van der Waals surface area (Å²) >= 11 is 0. The number of nitrogens with one attached hydrogen (secondary N) is 1. The lowest BCUT2D eigenvalue weighted by Gasteiger charge is -2.31. The smallest absolute Gasteiger partial charge is 0.240 e. The molecule has 1 saturated heterocycles. The molecule has 1 aromatic heterocycles. The first kappa shape index (κ1) is 18.1. The Hall–Kier alpha value is -1.74. The molecule has 0 unspecified atom stereocenters. The van der Waals surface area contributed by atoms with Crippen LogP contribution in [0.1, 0.15) is 23.4 Å². The maximum Gasteiger partial charge on any atom is 0.240 e. The molecule has 2 atom stereocenters. The van der Waals surface area contributed by atoms with Crippen molar-refractivity contribution in [3.05, 3.63) is 47.3 Å². The van der Waals surface area contributed by atoms with Crippen LogP contribution < -0.4 is 4.72 Å². The molecule has 2 heterocycles. The van der Waals surface area contributed by atoms with Crippen LogP contribution in [0.4, 0.5) is 0 Å². The zero-order valence-corrected chi connectivity index (χ0v) is 15.1. The highest BCUT2D eigenvalue weighted by Gasteiger charge is 2.31. The quantitative estimate of drug-likeness (QED) is 0.840. The van der Waals surface area contributed by atoms with Crippen LogP contribution in [0.5, 0.6) is 0 Å². The predicted octanol–water partition coefficient (Wildman–Crippen LogP) is 1.94. The van der Waals surface area contributed by atoms with Gasteiger partial charge in [0.05, 0.1) is 35.9 Å². The summed E-state index contributed by atoms with van der Waals surface area (Å²) in [7, 11) is -3.60. The SMILES string of the molecule is Cc1noc(C)c1CO[C@@H]1COCC[C@H]1NS(=O)(=O)c1ccccc1. The van der Waals surface area contributed by atoms with Gasteiger partial charge in [0.2, 0.25) is 10.0 Å². The number of aryl methyl sites for hydroxylation is 2. The largest absolute Gasteiger partial charge is 0.379 e. The van der Waals surface area contributed by atoms with E-state index in [0.717, 1.165) is 11.3 Å².